The summed E-state index contributed by atoms with van der Waals surface area (Å²) in [5.41, 5.74) is 3.14. The molecule has 0 fully saturated rings. The third kappa shape index (κ3) is 12.2. The minimum absolute atomic E-state index is 0.763. The van der Waals surface area contributed by atoms with E-state index in [-0.39, 0.29) is 0 Å². The van der Waals surface area contributed by atoms with Gasteiger partial charge in [0.1, 0.15) is 0 Å². The largest absolute Gasteiger partial charge is 0.331 e. The summed E-state index contributed by atoms with van der Waals surface area (Å²) in [6.45, 7) is 0. The van der Waals surface area contributed by atoms with E-state index in [0.717, 1.165) is 25.7 Å². The van der Waals surface area contributed by atoms with E-state index in [4.69, 9.17) is 28.4 Å². The molecular formula is C36H60O6. The molecule has 0 spiro atoms. The molecule has 0 N–H and O–H groups in total. The molecule has 2 rings (SSSR count). The molecule has 0 bridgehead atoms. The first kappa shape index (κ1) is 36.7. The Hall–Kier alpha value is -1.54. The fraction of sp³-hybridized carbons (Fsp3) is 0.722. The Morgan fingerprint density at radius 3 is 1.31 bits per heavy atom. The number of methoxy groups -OCH3 is 6. The summed E-state index contributed by atoms with van der Waals surface area (Å²) in [7, 11) is 9.82. The highest BCUT2D eigenvalue weighted by molar-refractivity contribution is 5.86. The van der Waals surface area contributed by atoms with Crippen molar-refractivity contribution in [3.8, 4) is 0 Å². The summed E-state index contributed by atoms with van der Waals surface area (Å²) in [6.07, 6.45) is 21.2. The van der Waals surface area contributed by atoms with Gasteiger partial charge in [-0.25, -0.2) is 0 Å². The van der Waals surface area contributed by atoms with Crippen molar-refractivity contribution in [2.45, 2.75) is 128 Å². The summed E-state index contributed by atoms with van der Waals surface area (Å²) >= 11 is 0. The van der Waals surface area contributed by atoms with Crippen LogP contribution in [0.25, 0.3) is 10.8 Å². The molecule has 0 heterocycles. The Morgan fingerprint density at radius 1 is 0.429 bits per heavy atom. The second-order valence-corrected chi connectivity index (χ2v) is 11.5. The first-order chi connectivity index (χ1) is 20.5. The van der Waals surface area contributed by atoms with Crippen molar-refractivity contribution < 1.29 is 28.4 Å². The zero-order chi connectivity index (χ0) is 30.5. The lowest BCUT2D eigenvalue weighted by atomic mass is 9.91. The molecule has 240 valence electrons. The highest BCUT2D eigenvalue weighted by Gasteiger charge is 2.29. The summed E-state index contributed by atoms with van der Waals surface area (Å²) < 4.78 is 32.4. The van der Waals surface area contributed by atoms with Crippen molar-refractivity contribution >= 4 is 10.8 Å². The number of rotatable bonds is 26. The van der Waals surface area contributed by atoms with Crippen LogP contribution in [0.4, 0.5) is 0 Å². The molecule has 0 aliphatic heterocycles. The van der Waals surface area contributed by atoms with Crippen LogP contribution < -0.4 is 0 Å². The normalized spacial score (nSPS) is 12.4. The lowest BCUT2D eigenvalue weighted by Crippen LogP contribution is -2.35. The molecule has 2 aromatic carbocycles. The molecule has 0 unspecified atom stereocenters. The van der Waals surface area contributed by atoms with E-state index in [2.05, 4.69) is 36.4 Å². The van der Waals surface area contributed by atoms with Crippen LogP contribution in [0, 0.1) is 0 Å². The summed E-state index contributed by atoms with van der Waals surface area (Å²) in [4.78, 5) is 0. The fourth-order valence-electron chi connectivity index (χ4n) is 6.09. The Bertz CT molecular complexity index is 937. The molecular weight excluding hydrogens is 528 g/mol. The molecule has 0 saturated heterocycles. The predicted octanol–water partition coefficient (Wildman–Crippen LogP) is 9.35. The average molecular weight is 589 g/mol. The Kier molecular flexibility index (Phi) is 18.5. The van der Waals surface area contributed by atoms with Gasteiger partial charge in [-0.3, -0.25) is 0 Å². The van der Waals surface area contributed by atoms with Crippen molar-refractivity contribution in [2.75, 3.05) is 42.7 Å². The van der Waals surface area contributed by atoms with Crippen LogP contribution in [-0.4, -0.2) is 54.6 Å². The molecule has 0 aliphatic carbocycles. The predicted molar refractivity (Wildman–Crippen MR) is 173 cm³/mol. The molecule has 2 aromatic rings. The van der Waals surface area contributed by atoms with E-state index in [1.807, 2.05) is 0 Å². The van der Waals surface area contributed by atoms with Gasteiger partial charge in [0, 0.05) is 55.5 Å². The lowest BCUT2D eigenvalue weighted by molar-refractivity contribution is -0.355. The van der Waals surface area contributed by atoms with Gasteiger partial charge in [0.25, 0.3) is 11.9 Å². The van der Waals surface area contributed by atoms with Gasteiger partial charge in [-0.05, 0) is 60.4 Å². The standard InChI is InChI=1S/C36H60O6/c1-37-35(38-2,39-3)29-21-15-11-7-9-13-17-23-31-27-28-32-24-19-20-26-34(32)33(31)25-18-14-10-8-12-16-22-30-36(40-4,41-5)42-6/h19-20,24,26-28H,7-18,21-23,25,29-30H2,1-6H3. The number of fused-ring (bicyclic) bond motifs is 1. The average Bonchev–Trinajstić information content (AvgIpc) is 3.04. The molecule has 42 heavy (non-hydrogen) atoms. The van der Waals surface area contributed by atoms with Gasteiger partial charge in [0.05, 0.1) is 0 Å². The number of ether oxygens (including phenoxy) is 6. The Morgan fingerprint density at radius 2 is 0.833 bits per heavy atom. The maximum absolute atomic E-state index is 5.40. The van der Waals surface area contributed by atoms with Gasteiger partial charge >= 0.3 is 0 Å². The third-order valence-electron chi connectivity index (χ3n) is 8.84. The number of hydrogen-bond donors (Lipinski definition) is 0. The van der Waals surface area contributed by atoms with E-state index in [9.17, 15) is 0 Å². The van der Waals surface area contributed by atoms with Gasteiger partial charge < -0.3 is 28.4 Å². The summed E-state index contributed by atoms with van der Waals surface area (Å²) in [5.74, 6) is -1.77. The van der Waals surface area contributed by atoms with Gasteiger partial charge in [-0.15, -0.1) is 0 Å². The van der Waals surface area contributed by atoms with Crippen LogP contribution in [0.15, 0.2) is 36.4 Å². The van der Waals surface area contributed by atoms with E-state index in [0.29, 0.717) is 0 Å². The van der Waals surface area contributed by atoms with Crippen molar-refractivity contribution in [1.29, 1.82) is 0 Å². The molecule has 0 aromatic heterocycles. The topological polar surface area (TPSA) is 55.4 Å². The minimum Gasteiger partial charge on any atom is -0.331 e. The van der Waals surface area contributed by atoms with Crippen LogP contribution in [0.5, 0.6) is 0 Å². The van der Waals surface area contributed by atoms with E-state index < -0.39 is 11.9 Å². The van der Waals surface area contributed by atoms with Crippen molar-refractivity contribution in [2.24, 2.45) is 0 Å². The zero-order valence-electron chi connectivity index (χ0n) is 27.6. The van der Waals surface area contributed by atoms with Crippen molar-refractivity contribution in [3.05, 3.63) is 47.5 Å². The Labute approximate surface area is 256 Å². The number of benzene rings is 2. The SMILES string of the molecule is COC(CCCCCCCCCc1ccc2ccccc2c1CCCCCCCCCC(OC)(OC)OC)(OC)OC. The molecule has 6 nitrogen and oxygen atoms in total. The van der Waals surface area contributed by atoms with Gasteiger partial charge in [-0.2, -0.15) is 0 Å². The van der Waals surface area contributed by atoms with Gasteiger partial charge in [0.2, 0.25) is 0 Å². The zero-order valence-corrected chi connectivity index (χ0v) is 27.6. The highest BCUT2D eigenvalue weighted by atomic mass is 16.9. The van der Waals surface area contributed by atoms with Crippen molar-refractivity contribution in [1.82, 2.24) is 0 Å². The second kappa shape index (κ2) is 21.2. The van der Waals surface area contributed by atoms with E-state index in [1.165, 1.54) is 101 Å². The minimum atomic E-state index is -0.885. The summed E-state index contributed by atoms with van der Waals surface area (Å²) in [5, 5.41) is 2.82. The number of unbranched alkanes of at least 4 members (excludes halogenated alkanes) is 12. The second-order valence-electron chi connectivity index (χ2n) is 11.5. The number of aryl methyl sites for hydroxylation is 2. The van der Waals surface area contributed by atoms with Gasteiger partial charge in [0.15, 0.2) is 0 Å². The monoisotopic (exact) mass is 588 g/mol. The summed E-state index contributed by atoms with van der Waals surface area (Å²) in [6, 6.07) is 13.6. The molecule has 0 radical (unpaired) electrons. The van der Waals surface area contributed by atoms with E-state index in [1.54, 1.807) is 53.8 Å². The lowest BCUT2D eigenvalue weighted by Gasteiger charge is -2.28. The Balaban J connectivity index is 1.69. The fourth-order valence-corrected chi connectivity index (χ4v) is 6.09. The van der Waals surface area contributed by atoms with E-state index >= 15 is 0 Å². The smallest absolute Gasteiger partial charge is 0.282 e. The van der Waals surface area contributed by atoms with Gasteiger partial charge in [-0.1, -0.05) is 101 Å². The highest BCUT2D eigenvalue weighted by Crippen LogP contribution is 2.27. The van der Waals surface area contributed by atoms with Crippen LogP contribution in [0.1, 0.15) is 114 Å². The maximum Gasteiger partial charge on any atom is 0.282 e. The maximum atomic E-state index is 5.40. The molecule has 0 aliphatic rings. The van der Waals surface area contributed by atoms with Crippen LogP contribution in [0.3, 0.4) is 0 Å². The quantitative estimate of drug-likeness (QED) is 0.0806. The first-order valence-electron chi connectivity index (χ1n) is 16.3. The molecule has 0 atom stereocenters. The molecule has 6 heteroatoms. The van der Waals surface area contributed by atoms with Crippen molar-refractivity contribution in [3.63, 3.8) is 0 Å². The van der Waals surface area contributed by atoms with Crippen LogP contribution in [0.2, 0.25) is 0 Å². The molecule has 0 amide bonds. The van der Waals surface area contributed by atoms with Crippen LogP contribution in [-0.2, 0) is 41.3 Å². The molecule has 0 saturated carbocycles. The first-order valence-corrected chi connectivity index (χ1v) is 16.3. The van der Waals surface area contributed by atoms with Crippen LogP contribution >= 0.6 is 0 Å². The number of hydrogen-bond acceptors (Lipinski definition) is 6. The third-order valence-corrected chi connectivity index (χ3v) is 8.84.